The molecule has 2 N–H and O–H groups in total. The number of hydrogen-bond donors (Lipinski definition) is 2. The van der Waals surface area contributed by atoms with E-state index >= 15 is 0 Å². The first kappa shape index (κ1) is 20.2. The van der Waals surface area contributed by atoms with Crippen molar-refractivity contribution in [1.29, 1.82) is 5.41 Å². The molecule has 0 saturated heterocycles. The lowest BCUT2D eigenvalue weighted by atomic mass is 10.1. The Morgan fingerprint density at radius 2 is 2.11 bits per heavy atom. The molecule has 0 saturated carbocycles. The summed E-state index contributed by atoms with van der Waals surface area (Å²) in [6, 6.07) is 4.26. The molecule has 0 fully saturated rings. The molecule has 146 valence electrons. The van der Waals surface area contributed by atoms with Crippen LogP contribution >= 0.6 is 0 Å². The molecule has 27 heavy (non-hydrogen) atoms. The SMILES string of the molecule is COc1ccc([N+](=O)[O-])cc1NC1=C(C=N)CN(C(=O)OC(C)(C)C)CC1. The number of methoxy groups -OCH3 is 1. The van der Waals surface area contributed by atoms with E-state index in [9.17, 15) is 14.9 Å². The van der Waals surface area contributed by atoms with Gasteiger partial charge >= 0.3 is 6.09 Å². The Labute approximate surface area is 157 Å². The van der Waals surface area contributed by atoms with E-state index in [0.717, 1.165) is 0 Å². The van der Waals surface area contributed by atoms with Crippen LogP contribution in [0.2, 0.25) is 0 Å². The van der Waals surface area contributed by atoms with E-state index in [0.29, 0.717) is 35.7 Å². The van der Waals surface area contributed by atoms with Gasteiger partial charge in [-0.25, -0.2) is 4.79 Å². The maximum atomic E-state index is 12.3. The van der Waals surface area contributed by atoms with Crippen molar-refractivity contribution in [3.8, 4) is 5.75 Å². The molecule has 2 rings (SSSR count). The van der Waals surface area contributed by atoms with Crippen LogP contribution in [0.25, 0.3) is 0 Å². The van der Waals surface area contributed by atoms with Gasteiger partial charge in [0.15, 0.2) is 0 Å². The summed E-state index contributed by atoms with van der Waals surface area (Å²) in [4.78, 5) is 24.3. The number of benzene rings is 1. The Bertz CT molecular complexity index is 782. The van der Waals surface area contributed by atoms with Crippen molar-refractivity contribution in [1.82, 2.24) is 4.90 Å². The van der Waals surface area contributed by atoms with Crippen molar-refractivity contribution in [3.63, 3.8) is 0 Å². The summed E-state index contributed by atoms with van der Waals surface area (Å²) in [5, 5.41) is 21.8. The number of rotatable bonds is 5. The fraction of sp³-hybridized carbons (Fsp3) is 0.444. The molecule has 1 heterocycles. The third-order valence-electron chi connectivity index (χ3n) is 3.89. The lowest BCUT2D eigenvalue weighted by molar-refractivity contribution is -0.384. The molecular formula is C18H24N4O5. The number of non-ortho nitro benzene ring substituents is 1. The molecule has 0 aliphatic carbocycles. The number of amides is 1. The monoisotopic (exact) mass is 376 g/mol. The van der Waals surface area contributed by atoms with E-state index in [-0.39, 0.29) is 12.2 Å². The molecule has 0 unspecified atom stereocenters. The molecule has 0 atom stereocenters. The lowest BCUT2D eigenvalue weighted by Gasteiger charge is -2.32. The number of nitro benzene ring substituents is 1. The van der Waals surface area contributed by atoms with Crippen LogP contribution in [0.15, 0.2) is 29.5 Å². The van der Waals surface area contributed by atoms with E-state index in [1.165, 1.54) is 36.4 Å². The summed E-state index contributed by atoms with van der Waals surface area (Å²) < 4.78 is 10.6. The van der Waals surface area contributed by atoms with Crippen LogP contribution in [-0.4, -0.2) is 47.9 Å². The summed E-state index contributed by atoms with van der Waals surface area (Å²) in [6.45, 7) is 6.02. The maximum Gasteiger partial charge on any atom is 0.410 e. The molecule has 0 spiro atoms. The van der Waals surface area contributed by atoms with E-state index in [1.54, 1.807) is 20.8 Å². The minimum Gasteiger partial charge on any atom is -0.495 e. The largest absolute Gasteiger partial charge is 0.495 e. The molecule has 1 aromatic rings. The quantitative estimate of drug-likeness (QED) is 0.461. The average Bonchev–Trinajstić information content (AvgIpc) is 2.60. The Morgan fingerprint density at radius 3 is 2.67 bits per heavy atom. The molecule has 0 radical (unpaired) electrons. The molecule has 9 nitrogen and oxygen atoms in total. The third kappa shape index (κ3) is 5.19. The highest BCUT2D eigenvalue weighted by Crippen LogP contribution is 2.31. The van der Waals surface area contributed by atoms with Gasteiger partial charge in [-0.2, -0.15) is 0 Å². The predicted octanol–water partition coefficient (Wildman–Crippen LogP) is 3.56. The zero-order chi connectivity index (χ0) is 20.2. The zero-order valence-corrected chi connectivity index (χ0v) is 15.9. The molecule has 1 aliphatic rings. The van der Waals surface area contributed by atoms with Crippen molar-refractivity contribution in [2.24, 2.45) is 0 Å². The number of hydrogen-bond acceptors (Lipinski definition) is 7. The van der Waals surface area contributed by atoms with Gasteiger partial charge in [0.25, 0.3) is 5.69 Å². The highest BCUT2D eigenvalue weighted by atomic mass is 16.6. The summed E-state index contributed by atoms with van der Waals surface area (Å²) in [6.07, 6.45) is 1.19. The average molecular weight is 376 g/mol. The molecule has 0 aromatic heterocycles. The second-order valence-electron chi connectivity index (χ2n) is 7.07. The molecular weight excluding hydrogens is 352 g/mol. The predicted molar refractivity (Wildman–Crippen MR) is 102 cm³/mol. The number of ether oxygens (including phenoxy) is 2. The van der Waals surface area contributed by atoms with Gasteiger partial charge in [-0.1, -0.05) is 0 Å². The third-order valence-corrected chi connectivity index (χ3v) is 3.89. The van der Waals surface area contributed by atoms with E-state index in [4.69, 9.17) is 14.9 Å². The fourth-order valence-electron chi connectivity index (χ4n) is 2.62. The van der Waals surface area contributed by atoms with Crippen LogP contribution in [0.1, 0.15) is 27.2 Å². The molecule has 1 amide bonds. The van der Waals surface area contributed by atoms with Gasteiger partial charge in [-0.3, -0.25) is 10.1 Å². The van der Waals surface area contributed by atoms with E-state index in [1.807, 2.05) is 0 Å². The lowest BCUT2D eigenvalue weighted by Crippen LogP contribution is -2.41. The van der Waals surface area contributed by atoms with Gasteiger partial charge in [0.1, 0.15) is 11.4 Å². The number of nitrogens with zero attached hydrogens (tertiary/aromatic N) is 2. The molecule has 1 aromatic carbocycles. The van der Waals surface area contributed by atoms with E-state index in [2.05, 4.69) is 5.32 Å². The molecule has 1 aliphatic heterocycles. The maximum absolute atomic E-state index is 12.3. The van der Waals surface area contributed by atoms with Gasteiger partial charge in [0, 0.05) is 42.6 Å². The minimum absolute atomic E-state index is 0.0681. The van der Waals surface area contributed by atoms with Crippen molar-refractivity contribution >= 4 is 23.7 Å². The van der Waals surface area contributed by atoms with Crippen LogP contribution in [0, 0.1) is 15.5 Å². The summed E-state index contributed by atoms with van der Waals surface area (Å²) in [7, 11) is 1.48. The highest BCUT2D eigenvalue weighted by Gasteiger charge is 2.27. The van der Waals surface area contributed by atoms with Crippen molar-refractivity contribution in [2.45, 2.75) is 32.8 Å². The molecule has 9 heteroatoms. The first-order valence-electron chi connectivity index (χ1n) is 8.44. The van der Waals surface area contributed by atoms with E-state index < -0.39 is 16.6 Å². The van der Waals surface area contributed by atoms with Gasteiger partial charge < -0.3 is 25.1 Å². The fourth-order valence-corrected chi connectivity index (χ4v) is 2.62. The first-order valence-corrected chi connectivity index (χ1v) is 8.44. The van der Waals surface area contributed by atoms with Crippen LogP contribution in [0.5, 0.6) is 5.75 Å². The summed E-state index contributed by atoms with van der Waals surface area (Å²) in [5.41, 5.74) is 1.08. The normalized spacial score (nSPS) is 14.6. The minimum atomic E-state index is -0.597. The topological polar surface area (TPSA) is 118 Å². The van der Waals surface area contributed by atoms with Gasteiger partial charge in [-0.05, 0) is 26.8 Å². The van der Waals surface area contributed by atoms with Gasteiger partial charge in [0.05, 0.1) is 24.3 Å². The smallest absolute Gasteiger partial charge is 0.410 e. The highest BCUT2D eigenvalue weighted by molar-refractivity contribution is 5.82. The second kappa shape index (κ2) is 8.07. The number of nitro groups is 1. The molecule has 0 bridgehead atoms. The zero-order valence-electron chi connectivity index (χ0n) is 15.9. The Morgan fingerprint density at radius 1 is 1.41 bits per heavy atom. The van der Waals surface area contributed by atoms with Gasteiger partial charge in [0.2, 0.25) is 0 Å². The Balaban J connectivity index is 2.24. The van der Waals surface area contributed by atoms with Crippen molar-refractivity contribution in [3.05, 3.63) is 39.6 Å². The van der Waals surface area contributed by atoms with Crippen LogP contribution in [0.4, 0.5) is 16.2 Å². The van der Waals surface area contributed by atoms with Crippen LogP contribution < -0.4 is 10.1 Å². The Hall–Kier alpha value is -3.10. The second-order valence-corrected chi connectivity index (χ2v) is 7.07. The summed E-state index contributed by atoms with van der Waals surface area (Å²) >= 11 is 0. The first-order chi connectivity index (χ1) is 12.6. The Kier molecular flexibility index (Phi) is 6.04. The number of nitrogens with one attached hydrogen (secondary N) is 2. The summed E-state index contributed by atoms with van der Waals surface area (Å²) in [5.74, 6) is 0.451. The number of carbonyl (C=O) groups excluding carboxylic acids is 1. The van der Waals surface area contributed by atoms with Gasteiger partial charge in [-0.15, -0.1) is 0 Å². The van der Waals surface area contributed by atoms with Crippen LogP contribution in [-0.2, 0) is 4.74 Å². The standard InChI is InChI=1S/C18H24N4O5/c1-18(2,3)27-17(23)21-8-7-14(12(10-19)11-21)20-15-9-13(22(24)25)5-6-16(15)26-4/h5-6,9-10,19-20H,7-8,11H2,1-4H3. The number of anilines is 1. The van der Waals surface area contributed by atoms with Crippen LogP contribution in [0.3, 0.4) is 0 Å². The van der Waals surface area contributed by atoms with Crippen molar-refractivity contribution < 1.29 is 19.2 Å². The number of carbonyl (C=O) groups is 1. The van der Waals surface area contributed by atoms with Crippen molar-refractivity contribution in [2.75, 3.05) is 25.5 Å².